The lowest BCUT2D eigenvalue weighted by Crippen LogP contribution is -2.44. The summed E-state index contributed by atoms with van der Waals surface area (Å²) in [5.74, 6) is 0. The molecule has 0 amide bonds. The Morgan fingerprint density at radius 3 is 2.59 bits per heavy atom. The molecule has 17 heavy (non-hydrogen) atoms. The third kappa shape index (κ3) is 4.54. The number of hydrogen-bond donors (Lipinski definition) is 1. The molecule has 5 nitrogen and oxygen atoms in total. The first-order valence-corrected chi connectivity index (χ1v) is 7.88. The monoisotopic (exact) mass is 265 g/mol. The van der Waals surface area contributed by atoms with Gasteiger partial charge in [-0.2, -0.15) is 0 Å². The van der Waals surface area contributed by atoms with Crippen LogP contribution in [0.15, 0.2) is 0 Å². The summed E-state index contributed by atoms with van der Waals surface area (Å²) >= 11 is 0. The van der Waals surface area contributed by atoms with Crippen molar-refractivity contribution in [1.82, 2.24) is 5.32 Å². The van der Waals surface area contributed by atoms with Crippen molar-refractivity contribution in [3.8, 4) is 0 Å². The highest BCUT2D eigenvalue weighted by Crippen LogP contribution is 2.24. The summed E-state index contributed by atoms with van der Waals surface area (Å²) in [6, 6.07) is 0.0551. The maximum absolute atomic E-state index is 11.6. The average molecular weight is 265 g/mol. The molecule has 3 unspecified atom stereocenters. The fourth-order valence-electron chi connectivity index (χ4n) is 2.35. The highest BCUT2D eigenvalue weighted by molar-refractivity contribution is 7.91. The van der Waals surface area contributed by atoms with Gasteiger partial charge in [0.25, 0.3) is 0 Å². The quantitative estimate of drug-likeness (QED) is 0.712. The van der Waals surface area contributed by atoms with Gasteiger partial charge in [0.1, 0.15) is 0 Å². The summed E-state index contributed by atoms with van der Waals surface area (Å²) in [5.41, 5.74) is 0. The van der Waals surface area contributed by atoms with Crippen molar-refractivity contribution in [3.63, 3.8) is 0 Å². The van der Waals surface area contributed by atoms with E-state index in [-0.39, 0.29) is 17.4 Å². The Kier molecular flexibility index (Phi) is 5.85. The van der Waals surface area contributed by atoms with E-state index in [0.717, 1.165) is 19.3 Å². The molecule has 1 N–H and O–H groups in total. The van der Waals surface area contributed by atoms with Crippen LogP contribution in [0.25, 0.3) is 0 Å². The second kappa shape index (κ2) is 6.68. The van der Waals surface area contributed by atoms with Crippen LogP contribution in [-0.2, 0) is 19.3 Å². The molecule has 6 heteroatoms. The minimum atomic E-state index is -2.95. The highest BCUT2D eigenvalue weighted by atomic mass is 32.2. The number of hydrogen-bond acceptors (Lipinski definition) is 5. The summed E-state index contributed by atoms with van der Waals surface area (Å²) in [6.45, 7) is 1.14. The van der Waals surface area contributed by atoms with Gasteiger partial charge in [0, 0.05) is 33.1 Å². The lowest BCUT2D eigenvalue weighted by Gasteiger charge is -2.22. The molecule has 0 aromatic heterocycles. The number of sulfone groups is 1. The van der Waals surface area contributed by atoms with Crippen molar-refractivity contribution in [3.05, 3.63) is 0 Å². The van der Waals surface area contributed by atoms with Crippen LogP contribution >= 0.6 is 0 Å². The Bertz CT molecular complexity index is 317. The Morgan fingerprint density at radius 2 is 2.06 bits per heavy atom. The van der Waals surface area contributed by atoms with Crippen LogP contribution in [0.2, 0.25) is 0 Å². The molecule has 1 rings (SSSR count). The molecule has 1 aliphatic rings. The van der Waals surface area contributed by atoms with Crippen molar-refractivity contribution >= 4 is 9.84 Å². The van der Waals surface area contributed by atoms with Crippen LogP contribution in [0, 0.1) is 0 Å². The van der Waals surface area contributed by atoms with E-state index < -0.39 is 9.84 Å². The zero-order chi connectivity index (χ0) is 12.9. The average Bonchev–Trinajstić information content (AvgIpc) is 2.72. The van der Waals surface area contributed by atoms with Gasteiger partial charge in [-0.05, 0) is 12.8 Å². The summed E-state index contributed by atoms with van der Waals surface area (Å²) in [7, 11) is 0.306. The van der Waals surface area contributed by atoms with Crippen molar-refractivity contribution in [2.24, 2.45) is 0 Å². The molecule has 1 saturated carbocycles. The van der Waals surface area contributed by atoms with Crippen molar-refractivity contribution in [1.29, 1.82) is 0 Å². The second-order valence-corrected chi connectivity index (χ2v) is 6.89. The Hall–Kier alpha value is -0.170. The van der Waals surface area contributed by atoms with E-state index in [9.17, 15) is 8.42 Å². The van der Waals surface area contributed by atoms with E-state index in [2.05, 4.69) is 5.32 Å². The molecular weight excluding hydrogens is 242 g/mol. The lowest BCUT2D eigenvalue weighted by molar-refractivity contribution is 0.0275. The van der Waals surface area contributed by atoms with Gasteiger partial charge in [-0.3, -0.25) is 0 Å². The molecule has 0 aliphatic heterocycles. The predicted molar refractivity (Wildman–Crippen MR) is 66.9 cm³/mol. The van der Waals surface area contributed by atoms with Crippen LogP contribution < -0.4 is 5.32 Å². The first-order valence-electron chi connectivity index (χ1n) is 5.93. The van der Waals surface area contributed by atoms with Crippen molar-refractivity contribution in [2.45, 2.75) is 36.7 Å². The summed E-state index contributed by atoms with van der Waals surface area (Å²) in [6.07, 6.45) is 3.94. The summed E-state index contributed by atoms with van der Waals surface area (Å²) < 4.78 is 33.4. The third-order valence-electron chi connectivity index (χ3n) is 3.30. The largest absolute Gasteiger partial charge is 0.382 e. The topological polar surface area (TPSA) is 64.6 Å². The zero-order valence-corrected chi connectivity index (χ0v) is 11.6. The van der Waals surface area contributed by atoms with E-state index in [4.69, 9.17) is 9.47 Å². The molecule has 0 bridgehead atoms. The molecular formula is C11H23NO4S. The van der Waals surface area contributed by atoms with E-state index in [1.807, 2.05) is 0 Å². The summed E-state index contributed by atoms with van der Waals surface area (Å²) in [5, 5.41) is 3.04. The Morgan fingerprint density at radius 1 is 1.35 bits per heavy atom. The van der Waals surface area contributed by atoms with Gasteiger partial charge in [-0.15, -0.1) is 0 Å². The molecule has 0 spiro atoms. The maximum Gasteiger partial charge on any atom is 0.151 e. The molecule has 0 heterocycles. The van der Waals surface area contributed by atoms with Crippen LogP contribution in [-0.4, -0.2) is 59.4 Å². The van der Waals surface area contributed by atoms with Crippen LogP contribution in [0.5, 0.6) is 0 Å². The zero-order valence-electron chi connectivity index (χ0n) is 10.8. The van der Waals surface area contributed by atoms with Crippen LogP contribution in [0.3, 0.4) is 0 Å². The van der Waals surface area contributed by atoms with E-state index in [1.165, 1.54) is 6.26 Å². The first-order chi connectivity index (χ1) is 7.99. The van der Waals surface area contributed by atoms with Gasteiger partial charge in [0.2, 0.25) is 0 Å². The van der Waals surface area contributed by atoms with Crippen LogP contribution in [0.1, 0.15) is 19.3 Å². The Balaban J connectivity index is 2.45. The summed E-state index contributed by atoms with van der Waals surface area (Å²) in [4.78, 5) is 0. The molecule has 102 valence electrons. The molecule has 3 atom stereocenters. The van der Waals surface area contributed by atoms with Crippen LogP contribution in [0.4, 0.5) is 0 Å². The standard InChI is InChI=1S/C11H23NO4S/c1-15-8-9(16-2)7-12-10-5-4-6-11(10)17(3,13)14/h9-12H,4-8H2,1-3H3. The van der Waals surface area contributed by atoms with E-state index >= 15 is 0 Å². The maximum atomic E-state index is 11.6. The van der Waals surface area contributed by atoms with E-state index in [1.54, 1.807) is 14.2 Å². The molecule has 0 aromatic carbocycles. The fourth-order valence-corrected chi connectivity index (χ4v) is 3.77. The SMILES string of the molecule is COCC(CNC1CCCC1S(C)(=O)=O)OC. The number of rotatable bonds is 7. The number of methoxy groups -OCH3 is 2. The van der Waals surface area contributed by atoms with Gasteiger partial charge < -0.3 is 14.8 Å². The van der Waals surface area contributed by atoms with Gasteiger partial charge in [-0.25, -0.2) is 8.42 Å². The molecule has 0 aromatic rings. The number of nitrogens with one attached hydrogen (secondary N) is 1. The Labute approximate surface area is 104 Å². The number of ether oxygens (including phenoxy) is 2. The second-order valence-electron chi connectivity index (χ2n) is 4.63. The minimum Gasteiger partial charge on any atom is -0.382 e. The van der Waals surface area contributed by atoms with Crippen molar-refractivity contribution in [2.75, 3.05) is 33.6 Å². The smallest absolute Gasteiger partial charge is 0.151 e. The fraction of sp³-hybridized carbons (Fsp3) is 1.00. The van der Waals surface area contributed by atoms with Gasteiger partial charge in [-0.1, -0.05) is 6.42 Å². The van der Waals surface area contributed by atoms with E-state index in [0.29, 0.717) is 13.2 Å². The van der Waals surface area contributed by atoms with Gasteiger partial charge in [0.05, 0.1) is 18.0 Å². The van der Waals surface area contributed by atoms with Gasteiger partial charge in [0.15, 0.2) is 9.84 Å². The minimum absolute atomic E-state index is 0.0270. The molecule has 1 aliphatic carbocycles. The lowest BCUT2D eigenvalue weighted by atomic mass is 10.2. The molecule has 0 saturated heterocycles. The highest BCUT2D eigenvalue weighted by Gasteiger charge is 2.34. The molecule has 0 radical (unpaired) electrons. The first kappa shape index (κ1) is 14.9. The van der Waals surface area contributed by atoms with Crippen molar-refractivity contribution < 1.29 is 17.9 Å². The third-order valence-corrected chi connectivity index (χ3v) is 4.96. The predicted octanol–water partition coefficient (Wildman–Crippen LogP) is 0.203. The molecule has 1 fully saturated rings. The van der Waals surface area contributed by atoms with Gasteiger partial charge >= 0.3 is 0 Å². The normalized spacial score (nSPS) is 27.2.